The van der Waals surface area contributed by atoms with Gasteiger partial charge in [-0.15, -0.1) is 0 Å². The second kappa shape index (κ2) is 7.66. The Labute approximate surface area is 158 Å². The summed E-state index contributed by atoms with van der Waals surface area (Å²) >= 11 is 0. The molecule has 2 heterocycles. The maximum Gasteiger partial charge on any atom is 0.250 e. The molecular formula is C19H23N3O4S. The van der Waals surface area contributed by atoms with Crippen molar-refractivity contribution >= 4 is 15.9 Å². The van der Waals surface area contributed by atoms with Gasteiger partial charge in [0.25, 0.3) is 5.56 Å². The maximum absolute atomic E-state index is 12.9. The Balaban J connectivity index is 1.68. The van der Waals surface area contributed by atoms with E-state index in [2.05, 4.69) is 0 Å². The van der Waals surface area contributed by atoms with Crippen molar-refractivity contribution in [2.45, 2.75) is 25.3 Å². The molecule has 1 aromatic carbocycles. The average Bonchev–Trinajstić information content (AvgIpc) is 2.65. The molecule has 2 aromatic rings. The van der Waals surface area contributed by atoms with E-state index in [-0.39, 0.29) is 31.1 Å². The molecule has 0 N–H and O–H groups in total. The number of carbonyl (C=O) groups excluding carboxylic acids is 1. The van der Waals surface area contributed by atoms with Crippen molar-refractivity contribution in [1.82, 2.24) is 13.8 Å². The number of nitrogens with zero attached hydrogens (tertiary/aromatic N) is 3. The minimum atomic E-state index is -3.59. The summed E-state index contributed by atoms with van der Waals surface area (Å²) in [5.74, 6) is -0.188. The van der Waals surface area contributed by atoms with Crippen molar-refractivity contribution in [3.8, 4) is 0 Å². The lowest BCUT2D eigenvalue weighted by Gasteiger charge is -2.34. The Bertz CT molecular complexity index is 1010. The first-order valence-electron chi connectivity index (χ1n) is 8.80. The average molecular weight is 389 g/mol. The zero-order valence-electron chi connectivity index (χ0n) is 15.5. The van der Waals surface area contributed by atoms with Crippen LogP contribution in [-0.4, -0.2) is 54.3 Å². The fourth-order valence-corrected chi connectivity index (χ4v) is 4.87. The van der Waals surface area contributed by atoms with E-state index in [4.69, 9.17) is 0 Å². The minimum absolute atomic E-state index is 0.0383. The summed E-state index contributed by atoms with van der Waals surface area (Å²) in [7, 11) is -3.59. The van der Waals surface area contributed by atoms with E-state index >= 15 is 0 Å². The van der Waals surface area contributed by atoms with Crippen LogP contribution in [-0.2, 0) is 21.4 Å². The molecular weight excluding hydrogens is 366 g/mol. The molecule has 0 radical (unpaired) electrons. The zero-order valence-corrected chi connectivity index (χ0v) is 16.3. The monoisotopic (exact) mass is 389 g/mol. The molecule has 3 rings (SSSR count). The quantitative estimate of drug-likeness (QED) is 0.781. The number of aromatic nitrogens is 1. The van der Waals surface area contributed by atoms with Crippen LogP contribution in [0.4, 0.5) is 0 Å². The predicted molar refractivity (Wildman–Crippen MR) is 102 cm³/mol. The number of sulfonamides is 1. The smallest absolute Gasteiger partial charge is 0.250 e. The van der Waals surface area contributed by atoms with Crippen LogP contribution in [0.5, 0.6) is 0 Å². The summed E-state index contributed by atoms with van der Waals surface area (Å²) in [6.45, 7) is 4.71. The van der Waals surface area contributed by atoms with Crippen LogP contribution < -0.4 is 5.56 Å². The number of benzene rings is 1. The van der Waals surface area contributed by atoms with Crippen LogP contribution in [0.25, 0.3) is 0 Å². The molecule has 0 atom stereocenters. The van der Waals surface area contributed by atoms with Gasteiger partial charge < -0.3 is 9.47 Å². The van der Waals surface area contributed by atoms with E-state index in [9.17, 15) is 18.0 Å². The van der Waals surface area contributed by atoms with Crippen LogP contribution >= 0.6 is 0 Å². The molecule has 0 spiro atoms. The van der Waals surface area contributed by atoms with Crippen molar-refractivity contribution in [3.63, 3.8) is 0 Å². The van der Waals surface area contributed by atoms with Crippen LogP contribution in [0.15, 0.2) is 52.3 Å². The van der Waals surface area contributed by atoms with Gasteiger partial charge >= 0.3 is 0 Å². The molecule has 1 aromatic heterocycles. The standard InChI is InChI=1S/C19H23N3O4S/c1-15-6-7-16(2)17(13-15)27(25,26)22-11-9-20(10-12-22)19(24)14-21-8-4-3-5-18(21)23/h3-8,13H,9-12,14H2,1-2H3. The molecule has 8 heteroatoms. The Kier molecular flexibility index (Phi) is 5.48. The molecule has 1 aliphatic heterocycles. The lowest BCUT2D eigenvalue weighted by molar-refractivity contribution is -0.133. The summed E-state index contributed by atoms with van der Waals surface area (Å²) in [5, 5.41) is 0. The lowest BCUT2D eigenvalue weighted by Crippen LogP contribution is -2.51. The zero-order chi connectivity index (χ0) is 19.6. The van der Waals surface area contributed by atoms with E-state index < -0.39 is 10.0 Å². The van der Waals surface area contributed by atoms with Gasteiger partial charge in [0.05, 0.1) is 4.90 Å². The van der Waals surface area contributed by atoms with E-state index in [1.54, 1.807) is 42.3 Å². The molecule has 1 amide bonds. The van der Waals surface area contributed by atoms with Crippen molar-refractivity contribution < 1.29 is 13.2 Å². The molecule has 0 bridgehead atoms. The van der Waals surface area contributed by atoms with E-state index in [1.165, 1.54) is 14.9 Å². The van der Waals surface area contributed by atoms with Gasteiger partial charge in [0, 0.05) is 38.4 Å². The fourth-order valence-electron chi connectivity index (χ4n) is 3.14. The molecule has 0 unspecified atom stereocenters. The van der Waals surface area contributed by atoms with E-state index in [1.807, 2.05) is 13.0 Å². The highest BCUT2D eigenvalue weighted by atomic mass is 32.2. The second-order valence-corrected chi connectivity index (χ2v) is 8.63. The molecule has 0 aliphatic carbocycles. The van der Waals surface area contributed by atoms with Crippen LogP contribution in [0, 0.1) is 13.8 Å². The molecule has 1 aliphatic rings. The Morgan fingerprint density at radius 3 is 2.41 bits per heavy atom. The van der Waals surface area contributed by atoms with Gasteiger partial charge in [-0.3, -0.25) is 9.59 Å². The third-order valence-corrected chi connectivity index (χ3v) is 6.80. The van der Waals surface area contributed by atoms with Crippen LogP contribution in [0.1, 0.15) is 11.1 Å². The first-order valence-corrected chi connectivity index (χ1v) is 10.2. The molecule has 144 valence electrons. The molecule has 1 saturated heterocycles. The topological polar surface area (TPSA) is 79.7 Å². The molecule has 27 heavy (non-hydrogen) atoms. The summed E-state index contributed by atoms with van der Waals surface area (Å²) in [4.78, 5) is 26.1. The summed E-state index contributed by atoms with van der Waals surface area (Å²) in [6.07, 6.45) is 1.57. The van der Waals surface area contributed by atoms with Crippen molar-refractivity contribution in [3.05, 3.63) is 64.1 Å². The van der Waals surface area contributed by atoms with Gasteiger partial charge in [0.1, 0.15) is 6.54 Å². The third-order valence-electron chi connectivity index (χ3n) is 4.76. The number of rotatable bonds is 4. The van der Waals surface area contributed by atoms with Crippen LogP contribution in [0.3, 0.4) is 0 Å². The van der Waals surface area contributed by atoms with Gasteiger partial charge in [-0.1, -0.05) is 18.2 Å². The summed E-state index contributed by atoms with van der Waals surface area (Å²) in [6, 6.07) is 10.1. The van der Waals surface area contributed by atoms with Gasteiger partial charge in [-0.2, -0.15) is 4.31 Å². The van der Waals surface area contributed by atoms with Crippen molar-refractivity contribution in [1.29, 1.82) is 0 Å². The molecule has 1 fully saturated rings. The number of piperazine rings is 1. The first kappa shape index (κ1) is 19.3. The number of carbonyl (C=O) groups is 1. The second-order valence-electron chi connectivity index (χ2n) is 6.72. The Hall–Kier alpha value is -2.45. The highest BCUT2D eigenvalue weighted by molar-refractivity contribution is 7.89. The van der Waals surface area contributed by atoms with Crippen LogP contribution in [0.2, 0.25) is 0 Å². The first-order chi connectivity index (χ1) is 12.8. The van der Waals surface area contributed by atoms with Gasteiger partial charge in [0.2, 0.25) is 15.9 Å². The van der Waals surface area contributed by atoms with E-state index in [0.29, 0.717) is 23.5 Å². The largest absolute Gasteiger partial charge is 0.339 e. The van der Waals surface area contributed by atoms with Gasteiger partial charge in [-0.25, -0.2) is 8.42 Å². The highest BCUT2D eigenvalue weighted by Gasteiger charge is 2.31. The van der Waals surface area contributed by atoms with Crippen molar-refractivity contribution in [2.24, 2.45) is 0 Å². The normalized spacial score (nSPS) is 15.7. The minimum Gasteiger partial charge on any atom is -0.339 e. The molecule has 0 saturated carbocycles. The van der Waals surface area contributed by atoms with Crippen molar-refractivity contribution in [2.75, 3.05) is 26.2 Å². The third kappa shape index (κ3) is 4.12. The number of amides is 1. The SMILES string of the molecule is Cc1ccc(C)c(S(=O)(=O)N2CCN(C(=O)Cn3ccccc3=O)CC2)c1. The summed E-state index contributed by atoms with van der Waals surface area (Å²) < 4.78 is 28.7. The number of pyridine rings is 1. The fraction of sp³-hybridized carbons (Fsp3) is 0.368. The Morgan fingerprint density at radius 1 is 1.04 bits per heavy atom. The van der Waals surface area contributed by atoms with Gasteiger partial charge in [-0.05, 0) is 37.1 Å². The summed E-state index contributed by atoms with van der Waals surface area (Å²) in [5.41, 5.74) is 1.37. The van der Waals surface area contributed by atoms with Gasteiger partial charge in [0.15, 0.2) is 0 Å². The number of aryl methyl sites for hydroxylation is 2. The van der Waals surface area contributed by atoms with E-state index in [0.717, 1.165) is 5.56 Å². The highest BCUT2D eigenvalue weighted by Crippen LogP contribution is 2.22. The maximum atomic E-state index is 12.9. The number of hydrogen-bond acceptors (Lipinski definition) is 4. The predicted octanol–water partition coefficient (Wildman–Crippen LogP) is 0.998. The molecule has 7 nitrogen and oxygen atoms in total. The number of hydrogen-bond donors (Lipinski definition) is 0. The Morgan fingerprint density at radius 2 is 1.74 bits per heavy atom. The lowest BCUT2D eigenvalue weighted by atomic mass is 10.2.